The minimum absolute atomic E-state index is 0.252. The fraction of sp³-hybridized carbons (Fsp3) is 0.526. The van der Waals surface area contributed by atoms with E-state index in [-0.39, 0.29) is 10.8 Å². The van der Waals surface area contributed by atoms with E-state index in [1.54, 1.807) is 0 Å². The van der Waals surface area contributed by atoms with E-state index in [1.807, 2.05) is 6.08 Å². The second-order valence-corrected chi connectivity index (χ2v) is 7.31. The average molecular weight is 254 g/mol. The number of aryl methyl sites for hydroxylation is 1. The fourth-order valence-electron chi connectivity index (χ4n) is 3.48. The molecule has 0 heterocycles. The van der Waals surface area contributed by atoms with Crippen molar-refractivity contribution in [3.05, 3.63) is 46.7 Å². The minimum Gasteiger partial charge on any atom is -0.128 e. The van der Waals surface area contributed by atoms with Crippen molar-refractivity contribution in [2.75, 3.05) is 0 Å². The highest BCUT2D eigenvalue weighted by Crippen LogP contribution is 2.49. The first kappa shape index (κ1) is 14.2. The molecule has 0 radical (unpaired) electrons. The standard InChI is InChI=1S/C19H26/c1-8-9-15-11-16-17(10-13(15)2)19(6,7)14(3)12-18(16,4)5/h9-11,14H,1,12H2,2-7H3. The molecule has 0 saturated carbocycles. The number of rotatable bonds is 1. The Morgan fingerprint density at radius 2 is 1.84 bits per heavy atom. The van der Waals surface area contributed by atoms with Crippen molar-refractivity contribution in [1.82, 2.24) is 0 Å². The zero-order chi connectivity index (χ0) is 14.4. The predicted molar refractivity (Wildman–Crippen MR) is 84.6 cm³/mol. The summed E-state index contributed by atoms with van der Waals surface area (Å²) in [5, 5.41) is 0. The molecule has 0 nitrogen and oxygen atoms in total. The van der Waals surface area contributed by atoms with Crippen LogP contribution in [0, 0.1) is 12.8 Å². The molecule has 1 aromatic rings. The molecule has 0 heteroatoms. The van der Waals surface area contributed by atoms with Crippen LogP contribution in [-0.2, 0) is 10.8 Å². The maximum Gasteiger partial charge on any atom is -0.00746 e. The van der Waals surface area contributed by atoms with E-state index >= 15 is 0 Å². The molecule has 1 aliphatic carbocycles. The second kappa shape index (κ2) is 4.39. The Bertz CT molecular complexity index is 552. The van der Waals surface area contributed by atoms with Gasteiger partial charge in [-0.05, 0) is 58.4 Å². The third kappa shape index (κ3) is 2.19. The number of fused-ring (bicyclic) bond motifs is 1. The Hall–Kier alpha value is -1.26. The Morgan fingerprint density at radius 3 is 2.42 bits per heavy atom. The summed E-state index contributed by atoms with van der Waals surface area (Å²) in [5.41, 5.74) is 9.03. The summed E-state index contributed by atoms with van der Waals surface area (Å²) in [6, 6.07) is 4.74. The molecule has 0 spiro atoms. The van der Waals surface area contributed by atoms with E-state index < -0.39 is 0 Å². The topological polar surface area (TPSA) is 0 Å². The highest BCUT2D eigenvalue weighted by atomic mass is 14.5. The Balaban J connectivity index is 2.75. The molecule has 0 aliphatic heterocycles. The smallest absolute Gasteiger partial charge is 0.00746 e. The highest BCUT2D eigenvalue weighted by molar-refractivity contribution is 5.58. The maximum atomic E-state index is 3.71. The van der Waals surface area contributed by atoms with Crippen LogP contribution in [0.1, 0.15) is 63.3 Å². The quantitative estimate of drug-likeness (QED) is 0.590. The van der Waals surface area contributed by atoms with Crippen LogP contribution in [0.15, 0.2) is 24.4 Å². The third-order valence-electron chi connectivity index (χ3n) is 5.14. The van der Waals surface area contributed by atoms with Gasteiger partial charge in [0.25, 0.3) is 0 Å². The molecule has 1 aromatic carbocycles. The van der Waals surface area contributed by atoms with Crippen LogP contribution in [0.4, 0.5) is 0 Å². The molecular formula is C19H26. The zero-order valence-corrected chi connectivity index (χ0v) is 13.2. The number of hydrogen-bond acceptors (Lipinski definition) is 0. The minimum atomic E-state index is 0.252. The summed E-state index contributed by atoms with van der Waals surface area (Å²) in [4.78, 5) is 0. The Labute approximate surface area is 118 Å². The van der Waals surface area contributed by atoms with Crippen molar-refractivity contribution in [3.63, 3.8) is 0 Å². The van der Waals surface area contributed by atoms with Crippen LogP contribution >= 0.6 is 0 Å². The van der Waals surface area contributed by atoms with Gasteiger partial charge in [0.1, 0.15) is 0 Å². The van der Waals surface area contributed by atoms with Gasteiger partial charge in [0.05, 0.1) is 0 Å². The molecule has 0 fully saturated rings. The molecule has 1 atom stereocenters. The average Bonchev–Trinajstić information content (AvgIpc) is 2.29. The molecule has 0 bridgehead atoms. The predicted octanol–water partition coefficient (Wildman–Crippen LogP) is 5.39. The van der Waals surface area contributed by atoms with E-state index in [4.69, 9.17) is 0 Å². The first-order valence-corrected chi connectivity index (χ1v) is 7.21. The van der Waals surface area contributed by atoms with Crippen molar-refractivity contribution in [3.8, 4) is 0 Å². The normalized spacial score (nSPS) is 23.4. The lowest BCUT2D eigenvalue weighted by atomic mass is 9.58. The van der Waals surface area contributed by atoms with Crippen LogP contribution in [0.5, 0.6) is 0 Å². The van der Waals surface area contributed by atoms with Gasteiger partial charge in [-0.2, -0.15) is 0 Å². The summed E-state index contributed by atoms with van der Waals surface area (Å²) in [6.07, 6.45) is 3.24. The second-order valence-electron chi connectivity index (χ2n) is 7.31. The van der Waals surface area contributed by atoms with Crippen LogP contribution < -0.4 is 0 Å². The van der Waals surface area contributed by atoms with E-state index in [2.05, 4.69) is 66.0 Å². The summed E-state index contributed by atoms with van der Waals surface area (Å²) in [5.74, 6) is 0.704. The number of hydrogen-bond donors (Lipinski definition) is 0. The fourth-order valence-corrected chi connectivity index (χ4v) is 3.48. The van der Waals surface area contributed by atoms with Crippen LogP contribution in [0.2, 0.25) is 0 Å². The van der Waals surface area contributed by atoms with Gasteiger partial charge in [0, 0.05) is 0 Å². The van der Waals surface area contributed by atoms with Crippen molar-refractivity contribution < 1.29 is 0 Å². The molecule has 1 aliphatic rings. The Kier molecular flexibility index (Phi) is 3.27. The molecule has 0 saturated heterocycles. The largest absolute Gasteiger partial charge is 0.128 e. The molecule has 0 aromatic heterocycles. The summed E-state index contributed by atoms with van der Waals surface area (Å²) in [6.45, 7) is 17.8. The number of benzene rings is 1. The van der Waals surface area contributed by atoms with E-state index in [1.165, 1.54) is 28.7 Å². The SMILES string of the molecule is C=C=Cc1cc2c(cc1C)C(C)(C)C(C)CC2(C)C. The van der Waals surface area contributed by atoms with Gasteiger partial charge in [-0.1, -0.05) is 53.3 Å². The Morgan fingerprint density at radius 1 is 1.21 bits per heavy atom. The lowest BCUT2D eigenvalue weighted by Crippen LogP contribution is -2.40. The third-order valence-corrected chi connectivity index (χ3v) is 5.14. The van der Waals surface area contributed by atoms with Crippen LogP contribution in [0.25, 0.3) is 6.08 Å². The van der Waals surface area contributed by atoms with Gasteiger partial charge < -0.3 is 0 Å². The zero-order valence-electron chi connectivity index (χ0n) is 13.2. The van der Waals surface area contributed by atoms with Gasteiger partial charge in [-0.3, -0.25) is 0 Å². The molecule has 2 rings (SSSR count). The first-order chi connectivity index (χ1) is 8.70. The van der Waals surface area contributed by atoms with Crippen molar-refractivity contribution in [2.45, 2.75) is 58.8 Å². The summed E-state index contributed by atoms with van der Waals surface area (Å²) >= 11 is 0. The highest BCUT2D eigenvalue weighted by Gasteiger charge is 2.42. The molecular weight excluding hydrogens is 228 g/mol. The van der Waals surface area contributed by atoms with Gasteiger partial charge >= 0.3 is 0 Å². The van der Waals surface area contributed by atoms with Crippen molar-refractivity contribution >= 4 is 6.08 Å². The van der Waals surface area contributed by atoms with E-state index in [9.17, 15) is 0 Å². The van der Waals surface area contributed by atoms with Crippen LogP contribution in [0.3, 0.4) is 0 Å². The maximum absolute atomic E-state index is 3.71. The summed E-state index contributed by atoms with van der Waals surface area (Å²) in [7, 11) is 0. The van der Waals surface area contributed by atoms with Gasteiger partial charge in [-0.15, -0.1) is 5.73 Å². The van der Waals surface area contributed by atoms with Gasteiger partial charge in [-0.25, -0.2) is 0 Å². The lowest BCUT2D eigenvalue weighted by molar-refractivity contribution is 0.233. The molecule has 0 N–H and O–H groups in total. The van der Waals surface area contributed by atoms with Crippen molar-refractivity contribution in [2.24, 2.45) is 5.92 Å². The first-order valence-electron chi connectivity index (χ1n) is 7.21. The van der Waals surface area contributed by atoms with Gasteiger partial charge in [0.2, 0.25) is 0 Å². The molecule has 1 unspecified atom stereocenters. The monoisotopic (exact) mass is 254 g/mol. The van der Waals surface area contributed by atoms with Crippen LogP contribution in [-0.4, -0.2) is 0 Å². The van der Waals surface area contributed by atoms with E-state index in [0.29, 0.717) is 5.92 Å². The summed E-state index contributed by atoms with van der Waals surface area (Å²) < 4.78 is 0. The molecule has 102 valence electrons. The molecule has 19 heavy (non-hydrogen) atoms. The van der Waals surface area contributed by atoms with Gasteiger partial charge in [0.15, 0.2) is 0 Å². The molecule has 0 amide bonds. The lowest BCUT2D eigenvalue weighted by Gasteiger charge is -2.47. The van der Waals surface area contributed by atoms with E-state index in [0.717, 1.165) is 0 Å². The van der Waals surface area contributed by atoms with Crippen molar-refractivity contribution in [1.29, 1.82) is 0 Å².